The van der Waals surface area contributed by atoms with Crippen LogP contribution in [0.3, 0.4) is 0 Å². The van der Waals surface area contributed by atoms with Crippen molar-refractivity contribution in [1.82, 2.24) is 9.80 Å². The maximum Gasteiger partial charge on any atom is 0.236 e. The van der Waals surface area contributed by atoms with Gasteiger partial charge in [-0.15, -0.1) is 0 Å². The molecule has 0 saturated heterocycles. The zero-order valence-corrected chi connectivity index (χ0v) is 11.8. The van der Waals surface area contributed by atoms with Crippen molar-refractivity contribution in [3.63, 3.8) is 0 Å². The number of hydrogen-bond donors (Lipinski definition) is 1. The molecular weight excluding hydrogens is 226 g/mol. The maximum atomic E-state index is 12.2. The molecule has 0 unspecified atom stereocenters. The molecule has 4 heteroatoms. The molecule has 4 nitrogen and oxygen atoms in total. The Hall–Kier alpha value is -0.610. The molecule has 0 heterocycles. The number of carbonyl (C=O) groups excluding carboxylic acids is 1. The summed E-state index contributed by atoms with van der Waals surface area (Å²) in [5, 5.41) is 0. The Balaban J connectivity index is 1.82. The van der Waals surface area contributed by atoms with Gasteiger partial charge in [0.15, 0.2) is 0 Å². The Kier molecular flexibility index (Phi) is 4.62. The average molecular weight is 253 g/mol. The van der Waals surface area contributed by atoms with Gasteiger partial charge in [-0.25, -0.2) is 0 Å². The van der Waals surface area contributed by atoms with Gasteiger partial charge in [0.1, 0.15) is 0 Å². The summed E-state index contributed by atoms with van der Waals surface area (Å²) in [5.74, 6) is 0.286. The van der Waals surface area contributed by atoms with Gasteiger partial charge in [0, 0.05) is 25.2 Å². The lowest BCUT2D eigenvalue weighted by atomic mass is 9.90. The highest BCUT2D eigenvalue weighted by atomic mass is 16.2. The van der Waals surface area contributed by atoms with Crippen molar-refractivity contribution >= 4 is 5.91 Å². The fourth-order valence-electron chi connectivity index (χ4n) is 2.92. The molecular formula is C14H27N3O. The molecule has 2 N–H and O–H groups in total. The number of nitrogens with two attached hydrogens (primary N) is 1. The predicted octanol–water partition coefficient (Wildman–Crippen LogP) is 1.20. The first-order valence-electron chi connectivity index (χ1n) is 7.37. The van der Waals surface area contributed by atoms with Gasteiger partial charge >= 0.3 is 0 Å². The molecule has 104 valence electrons. The largest absolute Gasteiger partial charge is 0.342 e. The van der Waals surface area contributed by atoms with Gasteiger partial charge in [-0.3, -0.25) is 9.69 Å². The zero-order valence-electron chi connectivity index (χ0n) is 11.8. The fraction of sp³-hybridized carbons (Fsp3) is 0.929. The lowest BCUT2D eigenvalue weighted by Gasteiger charge is -2.35. The number of carbonyl (C=O) groups is 1. The van der Waals surface area contributed by atoms with E-state index >= 15 is 0 Å². The molecule has 2 fully saturated rings. The molecule has 0 aromatic rings. The van der Waals surface area contributed by atoms with Crippen molar-refractivity contribution in [1.29, 1.82) is 0 Å². The highest BCUT2D eigenvalue weighted by Crippen LogP contribution is 2.26. The smallest absolute Gasteiger partial charge is 0.236 e. The number of amides is 1. The Morgan fingerprint density at radius 3 is 2.17 bits per heavy atom. The number of nitrogens with zero attached hydrogens (tertiary/aromatic N) is 2. The minimum Gasteiger partial charge on any atom is -0.342 e. The Bertz CT molecular complexity index is 283. The van der Waals surface area contributed by atoms with Crippen LogP contribution in [0.15, 0.2) is 0 Å². The van der Waals surface area contributed by atoms with Gasteiger partial charge in [-0.05, 0) is 45.1 Å². The lowest BCUT2D eigenvalue weighted by molar-refractivity contribution is -0.132. The lowest BCUT2D eigenvalue weighted by Crippen LogP contribution is -2.46. The van der Waals surface area contributed by atoms with E-state index in [0.29, 0.717) is 24.7 Å². The van der Waals surface area contributed by atoms with E-state index in [1.165, 1.54) is 12.8 Å². The molecule has 0 atom stereocenters. The van der Waals surface area contributed by atoms with Crippen LogP contribution in [0.5, 0.6) is 0 Å². The standard InChI is InChI=1S/C14H27N3O/c1-3-17(13-6-4-11(15)5-7-13)10-14(18)16(2)12-8-9-12/h11-13H,3-10,15H2,1-2H3. The predicted molar refractivity (Wildman–Crippen MR) is 73.3 cm³/mol. The van der Waals surface area contributed by atoms with Crippen molar-refractivity contribution in [3.8, 4) is 0 Å². The van der Waals surface area contributed by atoms with E-state index in [-0.39, 0.29) is 5.91 Å². The third kappa shape index (κ3) is 3.45. The van der Waals surface area contributed by atoms with Crippen molar-refractivity contribution < 1.29 is 4.79 Å². The summed E-state index contributed by atoms with van der Waals surface area (Å²) in [6.07, 6.45) is 6.88. The summed E-state index contributed by atoms with van der Waals surface area (Å²) in [5.41, 5.74) is 5.94. The highest BCUT2D eigenvalue weighted by molar-refractivity contribution is 5.78. The molecule has 2 saturated carbocycles. The third-order valence-corrected chi connectivity index (χ3v) is 4.49. The molecule has 0 aromatic carbocycles. The summed E-state index contributed by atoms with van der Waals surface area (Å²) in [6, 6.07) is 1.46. The molecule has 0 radical (unpaired) electrons. The van der Waals surface area contributed by atoms with Gasteiger partial charge < -0.3 is 10.6 Å². The van der Waals surface area contributed by atoms with Crippen LogP contribution in [-0.2, 0) is 4.79 Å². The first-order valence-corrected chi connectivity index (χ1v) is 7.37. The summed E-state index contributed by atoms with van der Waals surface area (Å²) in [6.45, 7) is 3.70. The van der Waals surface area contributed by atoms with E-state index in [2.05, 4.69) is 11.8 Å². The minimum absolute atomic E-state index is 0.286. The molecule has 2 aliphatic carbocycles. The third-order valence-electron chi connectivity index (χ3n) is 4.49. The summed E-state index contributed by atoms with van der Waals surface area (Å²) in [4.78, 5) is 16.4. The summed E-state index contributed by atoms with van der Waals surface area (Å²) < 4.78 is 0. The van der Waals surface area contributed by atoms with Crippen LogP contribution >= 0.6 is 0 Å². The number of rotatable bonds is 5. The van der Waals surface area contributed by atoms with Crippen LogP contribution in [0.1, 0.15) is 45.4 Å². The summed E-state index contributed by atoms with van der Waals surface area (Å²) >= 11 is 0. The second kappa shape index (κ2) is 6.02. The zero-order chi connectivity index (χ0) is 13.1. The van der Waals surface area contributed by atoms with E-state index in [9.17, 15) is 4.79 Å². The van der Waals surface area contributed by atoms with Gasteiger partial charge in [-0.2, -0.15) is 0 Å². The number of likely N-dealkylation sites (N-methyl/N-ethyl adjacent to an activating group) is 2. The molecule has 18 heavy (non-hydrogen) atoms. The highest BCUT2D eigenvalue weighted by Gasteiger charge is 2.31. The Labute approximate surface area is 110 Å². The van der Waals surface area contributed by atoms with Crippen LogP contribution in [0.2, 0.25) is 0 Å². The van der Waals surface area contributed by atoms with Crippen LogP contribution in [0.4, 0.5) is 0 Å². The monoisotopic (exact) mass is 253 g/mol. The van der Waals surface area contributed by atoms with Crippen LogP contribution < -0.4 is 5.73 Å². The van der Waals surface area contributed by atoms with E-state index < -0.39 is 0 Å². The Morgan fingerprint density at radius 2 is 1.67 bits per heavy atom. The van der Waals surface area contributed by atoms with E-state index in [0.717, 1.165) is 32.2 Å². The normalized spacial score (nSPS) is 28.4. The van der Waals surface area contributed by atoms with Gasteiger partial charge in [0.05, 0.1) is 6.54 Å². The topological polar surface area (TPSA) is 49.6 Å². The molecule has 2 rings (SSSR count). The van der Waals surface area contributed by atoms with E-state index in [1.807, 2.05) is 11.9 Å². The van der Waals surface area contributed by atoms with E-state index in [1.54, 1.807) is 0 Å². The number of hydrogen-bond acceptors (Lipinski definition) is 3. The first kappa shape index (κ1) is 13.8. The average Bonchev–Trinajstić information content (AvgIpc) is 3.20. The van der Waals surface area contributed by atoms with Crippen LogP contribution in [0.25, 0.3) is 0 Å². The molecule has 0 spiro atoms. The van der Waals surface area contributed by atoms with Crippen molar-refractivity contribution in [2.45, 2.75) is 63.6 Å². The maximum absolute atomic E-state index is 12.2. The van der Waals surface area contributed by atoms with Crippen molar-refractivity contribution in [3.05, 3.63) is 0 Å². The van der Waals surface area contributed by atoms with Crippen LogP contribution in [-0.4, -0.2) is 54.0 Å². The van der Waals surface area contributed by atoms with Gasteiger partial charge in [-0.1, -0.05) is 6.92 Å². The molecule has 1 amide bonds. The fourth-order valence-corrected chi connectivity index (χ4v) is 2.92. The van der Waals surface area contributed by atoms with Crippen molar-refractivity contribution in [2.75, 3.05) is 20.1 Å². The SMILES string of the molecule is CCN(CC(=O)N(C)C1CC1)C1CCC(N)CC1. The molecule has 2 aliphatic rings. The second-order valence-electron chi connectivity index (χ2n) is 5.87. The molecule has 0 aliphatic heterocycles. The molecule has 0 aromatic heterocycles. The summed E-state index contributed by atoms with van der Waals surface area (Å²) in [7, 11) is 1.95. The van der Waals surface area contributed by atoms with E-state index in [4.69, 9.17) is 5.73 Å². The van der Waals surface area contributed by atoms with Gasteiger partial charge in [0.2, 0.25) is 5.91 Å². The van der Waals surface area contributed by atoms with Crippen molar-refractivity contribution in [2.24, 2.45) is 5.73 Å². The second-order valence-corrected chi connectivity index (χ2v) is 5.87. The quantitative estimate of drug-likeness (QED) is 0.801. The first-order chi connectivity index (χ1) is 8.61. The van der Waals surface area contributed by atoms with Crippen LogP contribution in [0, 0.1) is 0 Å². The van der Waals surface area contributed by atoms with Gasteiger partial charge in [0.25, 0.3) is 0 Å². The Morgan fingerprint density at radius 1 is 1.11 bits per heavy atom. The molecule has 0 bridgehead atoms. The minimum atomic E-state index is 0.286.